The van der Waals surface area contributed by atoms with E-state index in [0.29, 0.717) is 0 Å². The Bertz CT molecular complexity index is 538. The highest BCUT2D eigenvalue weighted by molar-refractivity contribution is 5.64. The maximum absolute atomic E-state index is 2.36. The number of benzene rings is 2. The summed E-state index contributed by atoms with van der Waals surface area (Å²) >= 11 is 0. The molecular formula is C27H40N. The van der Waals surface area contributed by atoms with Crippen LogP contribution in [0.3, 0.4) is 0 Å². The first-order valence-electron chi connectivity index (χ1n) is 11.6. The van der Waals surface area contributed by atoms with E-state index in [0.717, 1.165) is 6.42 Å². The zero-order valence-electron chi connectivity index (χ0n) is 18.0. The molecule has 0 aliphatic carbocycles. The van der Waals surface area contributed by atoms with E-state index >= 15 is 0 Å². The molecule has 153 valence electrons. The van der Waals surface area contributed by atoms with Crippen LogP contribution in [0.2, 0.25) is 0 Å². The number of unbranched alkanes of at least 4 members (excludes halogenated alkanes) is 12. The van der Waals surface area contributed by atoms with Crippen molar-refractivity contribution in [2.75, 3.05) is 4.90 Å². The van der Waals surface area contributed by atoms with E-state index < -0.39 is 0 Å². The van der Waals surface area contributed by atoms with Gasteiger partial charge >= 0.3 is 0 Å². The van der Waals surface area contributed by atoms with E-state index in [9.17, 15) is 0 Å². The highest BCUT2D eigenvalue weighted by atomic mass is 15.1. The Labute approximate surface area is 174 Å². The summed E-state index contributed by atoms with van der Waals surface area (Å²) in [4.78, 5) is 2.33. The standard InChI is InChI=1S/C27H40N/c1-2-3-4-5-6-7-8-9-10-11-12-13-20-25-28(26-21-16-14-17-22-26)27-23-18-15-19-24-27/h14-19,21-25H,2-13,20H2,1H3. The van der Waals surface area contributed by atoms with Gasteiger partial charge in [0.05, 0.1) is 6.54 Å². The molecule has 28 heavy (non-hydrogen) atoms. The number of hydrogen-bond acceptors (Lipinski definition) is 1. The second-order valence-corrected chi connectivity index (χ2v) is 7.90. The molecular weight excluding hydrogens is 338 g/mol. The fourth-order valence-electron chi connectivity index (χ4n) is 3.74. The first-order chi connectivity index (χ1) is 13.9. The molecule has 0 N–H and O–H groups in total. The Morgan fingerprint density at radius 2 is 0.929 bits per heavy atom. The number of para-hydroxylation sites is 2. The van der Waals surface area contributed by atoms with Gasteiger partial charge in [-0.05, 0) is 30.7 Å². The molecule has 1 radical (unpaired) electrons. The third-order valence-electron chi connectivity index (χ3n) is 5.44. The van der Waals surface area contributed by atoms with Crippen molar-refractivity contribution in [3.05, 3.63) is 67.2 Å². The Balaban J connectivity index is 1.56. The van der Waals surface area contributed by atoms with Gasteiger partial charge in [0.15, 0.2) is 0 Å². The predicted octanol–water partition coefficient (Wildman–Crippen LogP) is 9.08. The van der Waals surface area contributed by atoms with Crippen LogP contribution in [0.5, 0.6) is 0 Å². The molecule has 0 bridgehead atoms. The van der Waals surface area contributed by atoms with Gasteiger partial charge in [0.2, 0.25) is 0 Å². The summed E-state index contributed by atoms with van der Waals surface area (Å²) < 4.78 is 0. The van der Waals surface area contributed by atoms with Gasteiger partial charge in [-0.25, -0.2) is 0 Å². The summed E-state index contributed by atoms with van der Waals surface area (Å²) in [6.45, 7) is 4.65. The first kappa shape index (κ1) is 22.5. The molecule has 0 unspecified atom stereocenters. The van der Waals surface area contributed by atoms with Crippen molar-refractivity contribution in [2.45, 2.75) is 90.4 Å². The van der Waals surface area contributed by atoms with Crippen LogP contribution >= 0.6 is 0 Å². The molecule has 2 aromatic rings. The highest BCUT2D eigenvalue weighted by Gasteiger charge is 2.08. The number of anilines is 2. The predicted molar refractivity (Wildman–Crippen MR) is 125 cm³/mol. The summed E-state index contributed by atoms with van der Waals surface area (Å²) in [7, 11) is 0. The van der Waals surface area contributed by atoms with Crippen molar-refractivity contribution in [2.24, 2.45) is 0 Å². The number of nitrogens with zero attached hydrogens (tertiary/aromatic N) is 1. The first-order valence-corrected chi connectivity index (χ1v) is 11.6. The molecule has 0 amide bonds. The Kier molecular flexibility index (Phi) is 12.2. The van der Waals surface area contributed by atoms with Crippen LogP contribution in [0, 0.1) is 6.54 Å². The highest BCUT2D eigenvalue weighted by Crippen LogP contribution is 2.27. The van der Waals surface area contributed by atoms with Gasteiger partial charge in [-0.15, -0.1) is 0 Å². The molecule has 2 rings (SSSR count). The minimum atomic E-state index is 1.14. The molecule has 1 heteroatoms. The van der Waals surface area contributed by atoms with Crippen LogP contribution in [-0.4, -0.2) is 0 Å². The van der Waals surface area contributed by atoms with Gasteiger partial charge in [0, 0.05) is 11.4 Å². The van der Waals surface area contributed by atoms with Crippen LogP contribution in [-0.2, 0) is 0 Å². The largest absolute Gasteiger partial charge is 0.336 e. The summed E-state index contributed by atoms with van der Waals surface area (Å²) in [5.74, 6) is 0. The molecule has 0 saturated heterocycles. The molecule has 1 nitrogen and oxygen atoms in total. The van der Waals surface area contributed by atoms with Crippen LogP contribution in [0.25, 0.3) is 0 Å². The van der Waals surface area contributed by atoms with Gasteiger partial charge < -0.3 is 4.90 Å². The maximum Gasteiger partial charge on any atom is 0.0549 e. The lowest BCUT2D eigenvalue weighted by Gasteiger charge is -2.24. The zero-order chi connectivity index (χ0) is 19.7. The van der Waals surface area contributed by atoms with Crippen LogP contribution < -0.4 is 4.90 Å². The summed E-state index contributed by atoms with van der Waals surface area (Å²) in [5.41, 5.74) is 2.49. The average Bonchev–Trinajstić information content (AvgIpc) is 2.75. The lowest BCUT2D eigenvalue weighted by atomic mass is 10.0. The molecule has 0 aliphatic heterocycles. The van der Waals surface area contributed by atoms with Gasteiger partial charge in [0.25, 0.3) is 0 Å². The summed E-state index contributed by atoms with van der Waals surface area (Å²) in [5, 5.41) is 0. The van der Waals surface area contributed by atoms with E-state index in [1.807, 2.05) is 0 Å². The molecule has 0 saturated carbocycles. The Morgan fingerprint density at radius 1 is 0.536 bits per heavy atom. The minimum Gasteiger partial charge on any atom is -0.336 e. The summed E-state index contributed by atoms with van der Waals surface area (Å²) in [6, 6.07) is 21.4. The molecule has 0 spiro atoms. The van der Waals surface area contributed by atoms with E-state index in [4.69, 9.17) is 0 Å². The molecule has 2 aromatic carbocycles. The zero-order valence-corrected chi connectivity index (χ0v) is 18.0. The number of rotatable bonds is 16. The third-order valence-corrected chi connectivity index (χ3v) is 5.44. The van der Waals surface area contributed by atoms with Crippen molar-refractivity contribution < 1.29 is 0 Å². The molecule has 0 aliphatic rings. The smallest absolute Gasteiger partial charge is 0.0549 e. The minimum absolute atomic E-state index is 1.14. The molecule has 0 aromatic heterocycles. The topological polar surface area (TPSA) is 3.24 Å². The van der Waals surface area contributed by atoms with Crippen LogP contribution in [0.4, 0.5) is 11.4 Å². The Morgan fingerprint density at radius 3 is 1.36 bits per heavy atom. The quantitative estimate of drug-likeness (QED) is 0.263. The average molecular weight is 379 g/mol. The molecule has 0 fully saturated rings. The van der Waals surface area contributed by atoms with Gasteiger partial charge in [0.1, 0.15) is 0 Å². The van der Waals surface area contributed by atoms with Gasteiger partial charge in [-0.3, -0.25) is 0 Å². The van der Waals surface area contributed by atoms with E-state index in [-0.39, 0.29) is 0 Å². The van der Waals surface area contributed by atoms with Crippen molar-refractivity contribution in [1.29, 1.82) is 0 Å². The SMILES string of the molecule is CCCCCCCCCCCCCC[CH]N(c1ccccc1)c1ccccc1. The number of hydrogen-bond donors (Lipinski definition) is 0. The maximum atomic E-state index is 2.36. The van der Waals surface area contributed by atoms with Crippen molar-refractivity contribution >= 4 is 11.4 Å². The lowest BCUT2D eigenvalue weighted by molar-refractivity contribution is 0.543. The monoisotopic (exact) mass is 378 g/mol. The molecule has 0 atom stereocenters. The second-order valence-electron chi connectivity index (χ2n) is 7.90. The summed E-state index contributed by atoms with van der Waals surface area (Å²) in [6.07, 6.45) is 18.0. The third kappa shape index (κ3) is 9.44. The van der Waals surface area contributed by atoms with Crippen LogP contribution in [0.1, 0.15) is 90.4 Å². The fraction of sp³-hybridized carbons (Fsp3) is 0.519. The van der Waals surface area contributed by atoms with E-state index in [2.05, 4.69) is 79.0 Å². The van der Waals surface area contributed by atoms with Crippen molar-refractivity contribution in [3.63, 3.8) is 0 Å². The van der Waals surface area contributed by atoms with Crippen molar-refractivity contribution in [1.82, 2.24) is 0 Å². The van der Waals surface area contributed by atoms with Gasteiger partial charge in [-0.2, -0.15) is 0 Å². The fourth-order valence-corrected chi connectivity index (χ4v) is 3.74. The normalized spacial score (nSPS) is 10.9. The van der Waals surface area contributed by atoms with Crippen LogP contribution in [0.15, 0.2) is 60.7 Å². The van der Waals surface area contributed by atoms with Gasteiger partial charge in [-0.1, -0.05) is 120 Å². The Hall–Kier alpha value is -1.76. The second kappa shape index (κ2) is 15.2. The van der Waals surface area contributed by atoms with Crippen molar-refractivity contribution in [3.8, 4) is 0 Å². The van der Waals surface area contributed by atoms with E-state index in [1.165, 1.54) is 88.4 Å². The molecule has 0 heterocycles. The lowest BCUT2D eigenvalue weighted by Crippen LogP contribution is -2.13. The van der Waals surface area contributed by atoms with E-state index in [1.54, 1.807) is 0 Å².